The fraction of sp³-hybridized carbons (Fsp3) is 0.933. The Morgan fingerprint density at radius 3 is 2.71 bits per heavy atom. The van der Waals surface area contributed by atoms with E-state index in [4.69, 9.17) is 14.2 Å². The third-order valence-corrected chi connectivity index (χ3v) is 3.96. The van der Waals surface area contributed by atoms with Crippen LogP contribution in [0.2, 0.25) is 0 Å². The van der Waals surface area contributed by atoms with E-state index in [1.807, 2.05) is 20.8 Å². The third-order valence-electron chi connectivity index (χ3n) is 3.96. The van der Waals surface area contributed by atoms with Gasteiger partial charge in [-0.15, -0.1) is 0 Å². The zero-order chi connectivity index (χ0) is 15.6. The molecule has 2 fully saturated rings. The number of hydrogen-bond acceptors (Lipinski definition) is 5. The molecule has 5 unspecified atom stereocenters. The van der Waals surface area contributed by atoms with E-state index in [0.29, 0.717) is 12.5 Å². The van der Waals surface area contributed by atoms with Crippen molar-refractivity contribution in [2.45, 2.75) is 63.9 Å². The molecule has 0 aromatic rings. The van der Waals surface area contributed by atoms with Crippen LogP contribution < -0.4 is 10.6 Å². The second-order valence-corrected chi connectivity index (χ2v) is 7.01. The van der Waals surface area contributed by atoms with Gasteiger partial charge in [0, 0.05) is 25.7 Å². The van der Waals surface area contributed by atoms with Crippen LogP contribution in [-0.2, 0) is 14.2 Å². The molecule has 1 saturated heterocycles. The minimum atomic E-state index is -0.480. The summed E-state index contributed by atoms with van der Waals surface area (Å²) >= 11 is 0. The Morgan fingerprint density at radius 1 is 1.38 bits per heavy atom. The average molecular weight is 300 g/mol. The van der Waals surface area contributed by atoms with Crippen molar-refractivity contribution in [3.8, 4) is 0 Å². The number of amides is 1. The topological polar surface area (TPSA) is 68.8 Å². The van der Waals surface area contributed by atoms with Crippen LogP contribution in [0.5, 0.6) is 0 Å². The monoisotopic (exact) mass is 300 g/mol. The number of methoxy groups -OCH3 is 1. The zero-order valence-corrected chi connectivity index (χ0v) is 13.6. The van der Waals surface area contributed by atoms with Gasteiger partial charge in [-0.3, -0.25) is 0 Å². The molecule has 1 heterocycles. The van der Waals surface area contributed by atoms with E-state index in [2.05, 4.69) is 17.6 Å². The van der Waals surface area contributed by atoms with Gasteiger partial charge < -0.3 is 24.8 Å². The summed E-state index contributed by atoms with van der Waals surface area (Å²) in [6, 6.07) is 0.398. The van der Waals surface area contributed by atoms with Gasteiger partial charge in [0.05, 0.1) is 24.8 Å². The molecule has 21 heavy (non-hydrogen) atoms. The smallest absolute Gasteiger partial charge is 0.407 e. The first-order valence-corrected chi connectivity index (χ1v) is 7.68. The molecule has 2 N–H and O–H groups in total. The van der Waals surface area contributed by atoms with Crippen molar-refractivity contribution in [3.05, 3.63) is 0 Å². The molecule has 2 aliphatic rings. The van der Waals surface area contributed by atoms with Gasteiger partial charge in [0.15, 0.2) is 0 Å². The van der Waals surface area contributed by atoms with Gasteiger partial charge >= 0.3 is 6.09 Å². The Bertz CT molecular complexity index is 369. The van der Waals surface area contributed by atoms with E-state index in [-0.39, 0.29) is 30.3 Å². The van der Waals surface area contributed by atoms with Gasteiger partial charge in [0.25, 0.3) is 0 Å². The minimum absolute atomic E-state index is 0.0617. The molecule has 6 nitrogen and oxygen atoms in total. The second-order valence-electron chi connectivity index (χ2n) is 7.01. The lowest BCUT2D eigenvalue weighted by molar-refractivity contribution is -0.0397. The second kappa shape index (κ2) is 6.50. The highest BCUT2D eigenvalue weighted by atomic mass is 16.6. The molecular weight excluding hydrogens is 272 g/mol. The van der Waals surface area contributed by atoms with Gasteiger partial charge in [0.2, 0.25) is 0 Å². The van der Waals surface area contributed by atoms with Crippen molar-refractivity contribution in [1.29, 1.82) is 0 Å². The first kappa shape index (κ1) is 16.5. The Morgan fingerprint density at radius 2 is 2.10 bits per heavy atom. The van der Waals surface area contributed by atoms with E-state index in [1.54, 1.807) is 7.11 Å². The van der Waals surface area contributed by atoms with Crippen molar-refractivity contribution in [3.63, 3.8) is 0 Å². The number of alkyl carbamates (subject to hydrolysis) is 1. The normalized spacial score (nSPS) is 33.0. The minimum Gasteiger partial charge on any atom is -0.444 e. The number of carbonyl (C=O) groups is 1. The molecule has 0 spiro atoms. The predicted octanol–water partition coefficient (Wildman–Crippen LogP) is 1.29. The molecule has 1 amide bonds. The van der Waals surface area contributed by atoms with Crippen LogP contribution in [0, 0.1) is 5.92 Å². The lowest BCUT2D eigenvalue weighted by Gasteiger charge is -2.49. The molecule has 0 bridgehead atoms. The van der Waals surface area contributed by atoms with Crippen molar-refractivity contribution < 1.29 is 19.0 Å². The number of rotatable bonds is 5. The number of fused-ring (bicyclic) bond motifs is 1. The molecular formula is C15H28N2O4. The summed E-state index contributed by atoms with van der Waals surface area (Å²) in [5, 5.41) is 6.48. The summed E-state index contributed by atoms with van der Waals surface area (Å²) < 4.78 is 16.3. The molecule has 6 heteroatoms. The summed E-state index contributed by atoms with van der Waals surface area (Å²) in [6.07, 6.45) is 0.815. The maximum absolute atomic E-state index is 12.0. The fourth-order valence-corrected chi connectivity index (χ4v) is 3.17. The Labute approximate surface area is 126 Å². The Balaban J connectivity index is 1.91. The quantitative estimate of drug-likeness (QED) is 0.801. The molecule has 0 radical (unpaired) electrons. The summed E-state index contributed by atoms with van der Waals surface area (Å²) in [5.41, 5.74) is -0.480. The number of hydrogen-bond donors (Lipinski definition) is 2. The first-order chi connectivity index (χ1) is 9.81. The Kier molecular flexibility index (Phi) is 5.11. The highest BCUT2D eigenvalue weighted by Crippen LogP contribution is 2.39. The van der Waals surface area contributed by atoms with E-state index >= 15 is 0 Å². The molecule has 1 saturated carbocycles. The fourth-order valence-electron chi connectivity index (χ4n) is 3.17. The predicted molar refractivity (Wildman–Crippen MR) is 79.3 cm³/mol. The van der Waals surface area contributed by atoms with Gasteiger partial charge in [-0.05, 0) is 34.1 Å². The molecule has 1 aliphatic heterocycles. The number of ether oxygens (including phenoxy) is 3. The lowest BCUT2D eigenvalue weighted by Crippen LogP contribution is -2.71. The van der Waals surface area contributed by atoms with Gasteiger partial charge in [-0.1, -0.05) is 0 Å². The van der Waals surface area contributed by atoms with Crippen LogP contribution in [0.1, 0.15) is 34.1 Å². The van der Waals surface area contributed by atoms with Crippen LogP contribution in [0.4, 0.5) is 4.79 Å². The maximum Gasteiger partial charge on any atom is 0.407 e. The molecule has 2 rings (SSSR count). The summed E-state index contributed by atoms with van der Waals surface area (Å²) in [5.74, 6) is 0.379. The third kappa shape index (κ3) is 4.08. The maximum atomic E-state index is 12.0. The van der Waals surface area contributed by atoms with Crippen molar-refractivity contribution >= 4 is 6.09 Å². The van der Waals surface area contributed by atoms with Crippen molar-refractivity contribution in [2.75, 3.05) is 20.3 Å². The zero-order valence-electron chi connectivity index (χ0n) is 13.6. The van der Waals surface area contributed by atoms with Crippen LogP contribution in [-0.4, -0.2) is 56.2 Å². The molecule has 1 aliphatic carbocycles. The lowest BCUT2D eigenvalue weighted by atomic mass is 9.71. The van der Waals surface area contributed by atoms with Crippen LogP contribution in [0.15, 0.2) is 0 Å². The SMILES string of the molecule is COCC(C)NC1C(NC(=O)OC(C)(C)C)C2CCOC21. The molecule has 0 aromatic heterocycles. The van der Waals surface area contributed by atoms with Gasteiger partial charge in [-0.25, -0.2) is 4.79 Å². The Hall–Kier alpha value is -0.850. The number of carbonyl (C=O) groups excluding carboxylic acids is 1. The van der Waals surface area contributed by atoms with Crippen LogP contribution in [0.25, 0.3) is 0 Å². The van der Waals surface area contributed by atoms with Gasteiger partial charge in [0.1, 0.15) is 5.60 Å². The number of nitrogens with one attached hydrogen (secondary N) is 2. The van der Waals surface area contributed by atoms with E-state index < -0.39 is 5.60 Å². The summed E-state index contributed by atoms with van der Waals surface area (Å²) in [4.78, 5) is 12.0. The molecule has 5 atom stereocenters. The molecule has 0 aromatic carbocycles. The summed E-state index contributed by atoms with van der Waals surface area (Å²) in [7, 11) is 1.68. The van der Waals surface area contributed by atoms with Crippen molar-refractivity contribution in [2.24, 2.45) is 5.92 Å². The largest absolute Gasteiger partial charge is 0.444 e. The van der Waals surface area contributed by atoms with Crippen molar-refractivity contribution in [1.82, 2.24) is 10.6 Å². The van der Waals surface area contributed by atoms with Crippen LogP contribution >= 0.6 is 0 Å². The van der Waals surface area contributed by atoms with E-state index in [9.17, 15) is 4.79 Å². The van der Waals surface area contributed by atoms with E-state index in [0.717, 1.165) is 13.0 Å². The highest BCUT2D eigenvalue weighted by Gasteiger charge is 2.54. The standard InChI is InChI=1S/C15H28N2O4/c1-9(8-19-5)16-12-11(10-6-7-20-13(10)12)17-14(18)21-15(2,3)4/h9-13,16H,6-8H2,1-5H3,(H,17,18). The first-order valence-electron chi connectivity index (χ1n) is 7.68. The average Bonchev–Trinajstić information content (AvgIpc) is 2.76. The van der Waals surface area contributed by atoms with Crippen LogP contribution in [0.3, 0.4) is 0 Å². The molecule has 122 valence electrons. The van der Waals surface area contributed by atoms with Gasteiger partial charge in [-0.2, -0.15) is 0 Å². The highest BCUT2D eigenvalue weighted by molar-refractivity contribution is 5.68. The van der Waals surface area contributed by atoms with E-state index in [1.165, 1.54) is 0 Å². The summed E-state index contributed by atoms with van der Waals surface area (Å²) in [6.45, 7) is 9.06.